The number of rotatable bonds is 7. The highest BCUT2D eigenvalue weighted by atomic mass is 32.2. The van der Waals surface area contributed by atoms with E-state index in [-0.39, 0.29) is 10.5 Å². The highest BCUT2D eigenvalue weighted by molar-refractivity contribution is 8.18. The highest BCUT2D eigenvalue weighted by Gasteiger charge is 2.25. The van der Waals surface area contributed by atoms with Crippen LogP contribution in [0.5, 0.6) is 0 Å². The summed E-state index contributed by atoms with van der Waals surface area (Å²) < 4.78 is 0. The number of thioether (sulfide) groups is 1. The zero-order valence-electron chi connectivity index (χ0n) is 19.2. The number of fused-ring (bicyclic) bond motifs is 1. The van der Waals surface area contributed by atoms with Gasteiger partial charge in [0, 0.05) is 31.8 Å². The van der Waals surface area contributed by atoms with Crippen LogP contribution < -0.4 is 21.1 Å². The minimum atomic E-state index is -0.456. The predicted octanol–water partition coefficient (Wildman–Crippen LogP) is 3.46. The van der Waals surface area contributed by atoms with Crippen LogP contribution in [0, 0.1) is 0 Å². The van der Waals surface area contributed by atoms with Gasteiger partial charge in [-0.25, -0.2) is 9.97 Å². The number of amides is 2. The van der Waals surface area contributed by atoms with Crippen molar-refractivity contribution in [3.63, 3.8) is 0 Å². The van der Waals surface area contributed by atoms with Gasteiger partial charge in [0.2, 0.25) is 5.95 Å². The molecule has 3 N–H and O–H groups in total. The van der Waals surface area contributed by atoms with Crippen LogP contribution in [0.1, 0.15) is 11.5 Å². The lowest BCUT2D eigenvalue weighted by atomic mass is 10.2. The molecule has 1 aliphatic heterocycles. The van der Waals surface area contributed by atoms with Gasteiger partial charge in [-0.2, -0.15) is 4.98 Å². The number of carbonyl (C=O) groups excluding carboxylic acids is 2. The maximum absolute atomic E-state index is 12.3. The van der Waals surface area contributed by atoms with Crippen molar-refractivity contribution in [2.45, 2.75) is 6.42 Å². The SMILES string of the molecule is CN(c1ccccc1)c1cc(C=C2SC(=O)NC2=O)nc(NCCc2nc3ccccc3c(=O)[nH]2)n1. The number of aromatic amines is 1. The molecule has 10 nitrogen and oxygen atoms in total. The lowest BCUT2D eigenvalue weighted by molar-refractivity contribution is -0.115. The van der Waals surface area contributed by atoms with Gasteiger partial charge in [-0.3, -0.25) is 19.7 Å². The number of para-hydroxylation sites is 2. The summed E-state index contributed by atoms with van der Waals surface area (Å²) in [6, 6.07) is 18.6. The predicted molar refractivity (Wildman–Crippen MR) is 140 cm³/mol. The average Bonchev–Trinajstić information content (AvgIpc) is 3.20. The average molecular weight is 500 g/mol. The number of imide groups is 1. The number of benzene rings is 2. The number of nitrogens with zero attached hydrogens (tertiary/aromatic N) is 4. The second-order valence-electron chi connectivity index (χ2n) is 7.93. The van der Waals surface area contributed by atoms with Gasteiger partial charge in [0.05, 0.1) is 21.5 Å². The van der Waals surface area contributed by atoms with Gasteiger partial charge < -0.3 is 15.2 Å². The van der Waals surface area contributed by atoms with Crippen LogP contribution >= 0.6 is 11.8 Å². The van der Waals surface area contributed by atoms with E-state index in [1.807, 2.05) is 48.3 Å². The molecule has 0 spiro atoms. The van der Waals surface area contributed by atoms with Gasteiger partial charge in [-0.15, -0.1) is 0 Å². The first-order valence-electron chi connectivity index (χ1n) is 11.1. The summed E-state index contributed by atoms with van der Waals surface area (Å²) in [5.41, 5.74) is 1.83. The van der Waals surface area contributed by atoms with Crippen LogP contribution in [0.3, 0.4) is 0 Å². The van der Waals surface area contributed by atoms with E-state index in [4.69, 9.17) is 0 Å². The van der Waals surface area contributed by atoms with Crippen molar-refractivity contribution in [1.82, 2.24) is 25.3 Å². The molecule has 2 aromatic carbocycles. The van der Waals surface area contributed by atoms with E-state index >= 15 is 0 Å². The first kappa shape index (κ1) is 23.2. The maximum atomic E-state index is 12.3. The Morgan fingerprint density at radius 3 is 2.56 bits per heavy atom. The van der Waals surface area contributed by atoms with E-state index in [2.05, 4.69) is 30.6 Å². The van der Waals surface area contributed by atoms with Gasteiger partial charge in [-0.05, 0) is 42.1 Å². The van der Waals surface area contributed by atoms with Crippen molar-refractivity contribution >= 4 is 57.3 Å². The fourth-order valence-electron chi connectivity index (χ4n) is 3.66. The third-order valence-corrected chi connectivity index (χ3v) is 6.26. The van der Waals surface area contributed by atoms with Crippen LogP contribution in [0.25, 0.3) is 17.0 Å². The molecule has 36 heavy (non-hydrogen) atoms. The van der Waals surface area contributed by atoms with Crippen LogP contribution in [0.15, 0.2) is 70.4 Å². The molecule has 1 saturated heterocycles. The fraction of sp³-hybridized carbons (Fsp3) is 0.120. The van der Waals surface area contributed by atoms with Crippen molar-refractivity contribution in [2.24, 2.45) is 0 Å². The van der Waals surface area contributed by atoms with E-state index < -0.39 is 11.1 Å². The summed E-state index contributed by atoms with van der Waals surface area (Å²) in [5.74, 6) is 1.02. The molecule has 0 bridgehead atoms. The minimum Gasteiger partial charge on any atom is -0.354 e. The molecule has 4 aromatic rings. The molecule has 180 valence electrons. The Balaban J connectivity index is 1.41. The summed E-state index contributed by atoms with van der Waals surface area (Å²) in [7, 11) is 1.88. The van der Waals surface area contributed by atoms with Gasteiger partial charge in [0.1, 0.15) is 11.6 Å². The van der Waals surface area contributed by atoms with E-state index in [1.165, 1.54) is 0 Å². The normalized spacial score (nSPS) is 14.3. The second kappa shape index (κ2) is 10.0. The number of H-pyrrole nitrogens is 1. The second-order valence-corrected chi connectivity index (χ2v) is 8.94. The number of aromatic nitrogens is 4. The Kier molecular flexibility index (Phi) is 6.46. The fourth-order valence-corrected chi connectivity index (χ4v) is 4.33. The van der Waals surface area contributed by atoms with E-state index in [0.29, 0.717) is 47.2 Å². The Labute approximate surface area is 209 Å². The number of hydrogen-bond acceptors (Lipinski definition) is 9. The number of nitrogens with one attached hydrogen (secondary N) is 3. The van der Waals surface area contributed by atoms with Crippen molar-refractivity contribution < 1.29 is 9.59 Å². The first-order valence-corrected chi connectivity index (χ1v) is 11.9. The Morgan fingerprint density at radius 1 is 1.00 bits per heavy atom. The molecule has 11 heteroatoms. The first-order chi connectivity index (χ1) is 17.5. The van der Waals surface area contributed by atoms with Gasteiger partial charge >= 0.3 is 0 Å². The maximum Gasteiger partial charge on any atom is 0.290 e. The van der Waals surface area contributed by atoms with E-state index in [9.17, 15) is 14.4 Å². The molecule has 0 aliphatic carbocycles. The van der Waals surface area contributed by atoms with Crippen LogP contribution in [-0.2, 0) is 11.2 Å². The van der Waals surface area contributed by atoms with Crippen LogP contribution in [-0.4, -0.2) is 44.7 Å². The topological polar surface area (TPSA) is 133 Å². The van der Waals surface area contributed by atoms with Crippen molar-refractivity contribution in [2.75, 3.05) is 23.8 Å². The number of carbonyl (C=O) groups is 2. The summed E-state index contributed by atoms with van der Waals surface area (Å²) in [5, 5.41) is 5.55. The standard InChI is InChI=1S/C25H21N7O3S/c1-32(16-7-3-2-4-8-16)21-14-15(13-19-23(34)31-25(35)36-19)27-24(30-21)26-12-11-20-28-18-10-6-5-9-17(18)22(33)29-20/h2-10,13-14H,11-12H2,1H3,(H,26,27,30)(H,28,29,33)(H,31,34,35). The quantitative estimate of drug-likeness (QED) is 0.327. The largest absolute Gasteiger partial charge is 0.354 e. The minimum absolute atomic E-state index is 0.186. The molecule has 0 atom stereocenters. The molecular formula is C25H21N7O3S. The molecule has 1 fully saturated rings. The molecular weight excluding hydrogens is 478 g/mol. The number of hydrogen-bond donors (Lipinski definition) is 3. The molecule has 5 rings (SSSR count). The Morgan fingerprint density at radius 2 is 1.78 bits per heavy atom. The molecule has 0 radical (unpaired) electrons. The smallest absolute Gasteiger partial charge is 0.290 e. The van der Waals surface area contributed by atoms with Gasteiger partial charge in [0.25, 0.3) is 16.7 Å². The van der Waals surface area contributed by atoms with E-state index in [0.717, 1.165) is 17.4 Å². The molecule has 0 saturated carbocycles. The molecule has 3 heterocycles. The lowest BCUT2D eigenvalue weighted by Gasteiger charge is -2.19. The Bertz CT molecular complexity index is 1550. The summed E-state index contributed by atoms with van der Waals surface area (Å²) in [6.07, 6.45) is 1.99. The van der Waals surface area contributed by atoms with Crippen molar-refractivity contribution in [3.05, 3.63) is 87.4 Å². The number of anilines is 3. The third-order valence-electron chi connectivity index (χ3n) is 5.45. The summed E-state index contributed by atoms with van der Waals surface area (Å²) in [4.78, 5) is 54.6. The monoisotopic (exact) mass is 499 g/mol. The van der Waals surface area contributed by atoms with Crippen LogP contribution in [0.2, 0.25) is 0 Å². The molecule has 0 unspecified atom stereocenters. The third kappa shape index (κ3) is 5.10. The molecule has 2 aromatic heterocycles. The Hall–Kier alpha value is -4.51. The van der Waals surface area contributed by atoms with Gasteiger partial charge in [-0.1, -0.05) is 30.3 Å². The lowest BCUT2D eigenvalue weighted by Crippen LogP contribution is -2.18. The van der Waals surface area contributed by atoms with Crippen LogP contribution in [0.4, 0.5) is 22.2 Å². The zero-order valence-corrected chi connectivity index (χ0v) is 20.0. The van der Waals surface area contributed by atoms with E-state index in [1.54, 1.807) is 30.3 Å². The molecule has 2 amide bonds. The summed E-state index contributed by atoms with van der Waals surface area (Å²) in [6.45, 7) is 0.406. The summed E-state index contributed by atoms with van der Waals surface area (Å²) >= 11 is 0.827. The molecule has 1 aliphatic rings. The van der Waals surface area contributed by atoms with Crippen molar-refractivity contribution in [3.8, 4) is 0 Å². The van der Waals surface area contributed by atoms with Crippen molar-refractivity contribution in [1.29, 1.82) is 0 Å². The highest BCUT2D eigenvalue weighted by Crippen LogP contribution is 2.28. The van der Waals surface area contributed by atoms with Gasteiger partial charge in [0.15, 0.2) is 0 Å². The zero-order chi connectivity index (χ0) is 25.1.